The second-order valence-corrected chi connectivity index (χ2v) is 6.34. The molecule has 3 amide bonds. The van der Waals surface area contributed by atoms with Gasteiger partial charge in [0.25, 0.3) is 5.91 Å². The number of nitrogens with zero attached hydrogens (tertiary/aromatic N) is 2. The van der Waals surface area contributed by atoms with Gasteiger partial charge in [-0.1, -0.05) is 12.1 Å². The van der Waals surface area contributed by atoms with E-state index in [2.05, 4.69) is 10.3 Å². The van der Waals surface area contributed by atoms with Crippen LogP contribution in [0.15, 0.2) is 35.1 Å². The maximum Gasteiger partial charge on any atom is 0.409 e. The molecule has 0 unspecified atom stereocenters. The fourth-order valence-electron chi connectivity index (χ4n) is 3.04. The number of para-hydroxylation sites is 1. The molecule has 28 heavy (non-hydrogen) atoms. The molecule has 0 atom stereocenters. The van der Waals surface area contributed by atoms with Crippen molar-refractivity contribution >= 4 is 28.8 Å². The van der Waals surface area contributed by atoms with E-state index in [0.29, 0.717) is 43.7 Å². The van der Waals surface area contributed by atoms with Gasteiger partial charge in [0.05, 0.1) is 13.2 Å². The number of nitrogens with one attached hydrogen (secondary N) is 2. The van der Waals surface area contributed by atoms with Crippen LogP contribution < -0.4 is 10.7 Å². The number of H-pyrrole nitrogens is 1. The fourth-order valence-corrected chi connectivity index (χ4v) is 3.04. The Bertz CT molecular complexity index is 947. The number of benzene rings is 1. The van der Waals surface area contributed by atoms with Gasteiger partial charge in [0.1, 0.15) is 5.69 Å². The van der Waals surface area contributed by atoms with E-state index in [1.54, 1.807) is 41.0 Å². The average Bonchev–Trinajstić information content (AvgIpc) is 2.72. The molecular weight excluding hydrogens is 364 g/mol. The summed E-state index contributed by atoms with van der Waals surface area (Å²) in [5.41, 5.74) is 0.395. The highest BCUT2D eigenvalue weighted by atomic mass is 16.6. The van der Waals surface area contributed by atoms with Crippen LogP contribution in [-0.4, -0.2) is 72.0 Å². The van der Waals surface area contributed by atoms with Crippen molar-refractivity contribution in [1.29, 1.82) is 0 Å². The normalized spacial score (nSPS) is 14.0. The highest BCUT2D eigenvalue weighted by Gasteiger charge is 2.25. The van der Waals surface area contributed by atoms with E-state index in [-0.39, 0.29) is 29.7 Å². The van der Waals surface area contributed by atoms with Crippen LogP contribution in [0.4, 0.5) is 4.79 Å². The summed E-state index contributed by atoms with van der Waals surface area (Å²) in [5, 5.41) is 3.03. The van der Waals surface area contributed by atoms with Crippen LogP contribution in [0, 0.1) is 0 Å². The minimum Gasteiger partial charge on any atom is -0.450 e. The number of carbonyl (C=O) groups is 3. The van der Waals surface area contributed by atoms with Gasteiger partial charge in [0, 0.05) is 43.1 Å². The van der Waals surface area contributed by atoms with Gasteiger partial charge >= 0.3 is 6.09 Å². The van der Waals surface area contributed by atoms with E-state index in [1.807, 2.05) is 0 Å². The van der Waals surface area contributed by atoms with Crippen LogP contribution in [0.5, 0.6) is 0 Å². The summed E-state index contributed by atoms with van der Waals surface area (Å²) < 4.78 is 4.94. The molecule has 9 nitrogen and oxygen atoms in total. The number of fused-ring (bicyclic) bond motifs is 1. The summed E-state index contributed by atoms with van der Waals surface area (Å²) in [6.07, 6.45) is -0.386. The molecule has 2 N–H and O–H groups in total. The standard InChI is InChI=1S/C19H22N4O5/c1-2-28-19(27)23-9-7-22(8-10-23)17(25)12-20-18(26)15-11-16(24)13-5-3-4-6-14(13)21-15/h3-6,11H,2,7-10,12H2,1H3,(H,20,26)(H,21,24). The summed E-state index contributed by atoms with van der Waals surface area (Å²) >= 11 is 0. The second-order valence-electron chi connectivity index (χ2n) is 6.34. The molecular formula is C19H22N4O5. The van der Waals surface area contributed by atoms with Crippen LogP contribution in [0.1, 0.15) is 17.4 Å². The van der Waals surface area contributed by atoms with Gasteiger partial charge in [-0.15, -0.1) is 0 Å². The second kappa shape index (κ2) is 8.55. The maximum absolute atomic E-state index is 12.3. The molecule has 2 heterocycles. The highest BCUT2D eigenvalue weighted by molar-refractivity contribution is 5.96. The summed E-state index contributed by atoms with van der Waals surface area (Å²) in [4.78, 5) is 54.5. The Morgan fingerprint density at radius 1 is 1.11 bits per heavy atom. The third kappa shape index (κ3) is 4.30. The average molecular weight is 386 g/mol. The maximum atomic E-state index is 12.3. The van der Waals surface area contributed by atoms with Gasteiger partial charge in [-0.2, -0.15) is 0 Å². The summed E-state index contributed by atoms with van der Waals surface area (Å²) in [7, 11) is 0. The Hall–Kier alpha value is -3.36. The Balaban J connectivity index is 1.54. The first kappa shape index (κ1) is 19.4. The third-order valence-electron chi connectivity index (χ3n) is 4.54. The molecule has 0 radical (unpaired) electrons. The lowest BCUT2D eigenvalue weighted by Gasteiger charge is -2.34. The van der Waals surface area contributed by atoms with Gasteiger partial charge in [-0.3, -0.25) is 14.4 Å². The lowest BCUT2D eigenvalue weighted by molar-refractivity contribution is -0.131. The number of aromatic amines is 1. The number of piperazine rings is 1. The number of ether oxygens (including phenoxy) is 1. The minimum absolute atomic E-state index is 0.101. The molecule has 0 spiro atoms. The number of rotatable bonds is 4. The number of carbonyl (C=O) groups excluding carboxylic acids is 3. The first-order valence-electron chi connectivity index (χ1n) is 9.09. The van der Waals surface area contributed by atoms with E-state index < -0.39 is 5.91 Å². The number of pyridine rings is 1. The zero-order chi connectivity index (χ0) is 20.1. The molecule has 2 aromatic rings. The van der Waals surface area contributed by atoms with E-state index in [0.717, 1.165) is 0 Å². The van der Waals surface area contributed by atoms with Gasteiger partial charge < -0.3 is 24.8 Å². The molecule has 1 saturated heterocycles. The van der Waals surface area contributed by atoms with Crippen LogP contribution in [0.2, 0.25) is 0 Å². The van der Waals surface area contributed by atoms with Crippen molar-refractivity contribution in [3.8, 4) is 0 Å². The molecule has 1 fully saturated rings. The van der Waals surface area contributed by atoms with Crippen LogP contribution in [0.3, 0.4) is 0 Å². The molecule has 1 aromatic heterocycles. The van der Waals surface area contributed by atoms with E-state index in [1.165, 1.54) is 6.07 Å². The fraction of sp³-hybridized carbons (Fsp3) is 0.368. The minimum atomic E-state index is -0.527. The molecule has 3 rings (SSSR count). The van der Waals surface area contributed by atoms with Crippen LogP contribution >= 0.6 is 0 Å². The number of aromatic nitrogens is 1. The van der Waals surface area contributed by atoms with Crippen molar-refractivity contribution in [1.82, 2.24) is 20.1 Å². The van der Waals surface area contributed by atoms with Crippen molar-refractivity contribution in [3.63, 3.8) is 0 Å². The highest BCUT2D eigenvalue weighted by Crippen LogP contribution is 2.07. The Morgan fingerprint density at radius 2 is 1.79 bits per heavy atom. The largest absolute Gasteiger partial charge is 0.450 e. The summed E-state index contributed by atoms with van der Waals surface area (Å²) in [6.45, 7) is 3.38. The Morgan fingerprint density at radius 3 is 2.50 bits per heavy atom. The molecule has 1 aliphatic rings. The van der Waals surface area contributed by atoms with Gasteiger partial charge in [-0.25, -0.2) is 4.79 Å². The predicted molar refractivity (Wildman–Crippen MR) is 102 cm³/mol. The molecule has 1 aromatic carbocycles. The number of hydrogen-bond donors (Lipinski definition) is 2. The topological polar surface area (TPSA) is 112 Å². The monoisotopic (exact) mass is 386 g/mol. The quantitative estimate of drug-likeness (QED) is 0.797. The lowest BCUT2D eigenvalue weighted by atomic mass is 10.2. The van der Waals surface area contributed by atoms with Crippen molar-refractivity contribution in [2.45, 2.75) is 6.92 Å². The Labute approximate surface area is 161 Å². The number of amides is 3. The first-order valence-corrected chi connectivity index (χ1v) is 9.09. The van der Waals surface area contributed by atoms with Gasteiger partial charge in [0.2, 0.25) is 5.91 Å². The van der Waals surface area contributed by atoms with Crippen molar-refractivity contribution in [2.24, 2.45) is 0 Å². The summed E-state index contributed by atoms with van der Waals surface area (Å²) in [6, 6.07) is 8.12. The molecule has 0 saturated carbocycles. The van der Waals surface area contributed by atoms with E-state index >= 15 is 0 Å². The molecule has 9 heteroatoms. The SMILES string of the molecule is CCOC(=O)N1CCN(C(=O)CNC(=O)c2cc(=O)c3ccccc3[nH]2)CC1. The first-order chi connectivity index (χ1) is 13.5. The van der Waals surface area contributed by atoms with Gasteiger partial charge in [0.15, 0.2) is 5.43 Å². The molecule has 0 aliphatic carbocycles. The van der Waals surface area contributed by atoms with E-state index in [9.17, 15) is 19.2 Å². The number of hydrogen-bond acceptors (Lipinski definition) is 5. The smallest absolute Gasteiger partial charge is 0.409 e. The van der Waals surface area contributed by atoms with Crippen LogP contribution in [0.25, 0.3) is 10.9 Å². The van der Waals surface area contributed by atoms with Crippen molar-refractivity contribution in [3.05, 3.63) is 46.2 Å². The van der Waals surface area contributed by atoms with Crippen molar-refractivity contribution in [2.75, 3.05) is 39.3 Å². The third-order valence-corrected chi connectivity index (χ3v) is 4.54. The summed E-state index contributed by atoms with van der Waals surface area (Å²) in [5.74, 6) is -0.777. The lowest BCUT2D eigenvalue weighted by Crippen LogP contribution is -2.52. The van der Waals surface area contributed by atoms with Crippen LogP contribution in [-0.2, 0) is 9.53 Å². The Kier molecular flexibility index (Phi) is 5.93. The zero-order valence-electron chi connectivity index (χ0n) is 15.6. The molecule has 1 aliphatic heterocycles. The molecule has 0 bridgehead atoms. The van der Waals surface area contributed by atoms with Gasteiger partial charge in [-0.05, 0) is 19.1 Å². The van der Waals surface area contributed by atoms with E-state index in [4.69, 9.17) is 4.74 Å². The predicted octanol–water partition coefficient (Wildman–Crippen LogP) is 0.559. The molecule has 148 valence electrons. The van der Waals surface area contributed by atoms with Crippen molar-refractivity contribution < 1.29 is 19.1 Å². The zero-order valence-corrected chi connectivity index (χ0v) is 15.6.